The molecule has 0 spiro atoms. The topological polar surface area (TPSA) is 75.6 Å². The van der Waals surface area contributed by atoms with E-state index in [1.54, 1.807) is 5.38 Å². The van der Waals surface area contributed by atoms with E-state index in [0.29, 0.717) is 31.6 Å². The maximum atomic E-state index is 12.0. The number of aryl methyl sites for hydroxylation is 1. The van der Waals surface area contributed by atoms with Gasteiger partial charge >= 0.3 is 5.97 Å². The minimum absolute atomic E-state index is 0.153. The second kappa shape index (κ2) is 5.71. The zero-order chi connectivity index (χ0) is 13.9. The molecule has 1 aromatic heterocycles. The monoisotopic (exact) mass is 283 g/mol. The van der Waals surface area contributed by atoms with Gasteiger partial charge in [-0.3, -0.25) is 9.59 Å². The molecule has 0 bridgehead atoms. The number of hydrogen-bond acceptors (Lipinski definition) is 4. The minimum atomic E-state index is -0.891. The molecule has 0 radical (unpaired) electrons. The van der Waals surface area contributed by atoms with E-state index in [2.05, 4.69) is 5.32 Å². The van der Waals surface area contributed by atoms with Gasteiger partial charge in [-0.25, -0.2) is 0 Å². The van der Waals surface area contributed by atoms with Gasteiger partial charge in [-0.15, -0.1) is 0 Å². The smallest absolute Gasteiger partial charge is 0.311 e. The lowest BCUT2D eigenvalue weighted by atomic mass is 9.80. The van der Waals surface area contributed by atoms with Crippen LogP contribution in [0.15, 0.2) is 10.8 Å². The molecule has 5 nitrogen and oxygen atoms in total. The molecule has 1 fully saturated rings. The van der Waals surface area contributed by atoms with Crippen LogP contribution in [0.4, 0.5) is 0 Å². The molecule has 0 atom stereocenters. The van der Waals surface area contributed by atoms with Crippen molar-refractivity contribution in [3.05, 3.63) is 21.9 Å². The third-order valence-corrected chi connectivity index (χ3v) is 4.45. The van der Waals surface area contributed by atoms with Crippen LogP contribution in [0.25, 0.3) is 0 Å². The van der Waals surface area contributed by atoms with Crippen molar-refractivity contribution in [2.45, 2.75) is 19.8 Å². The SMILES string of the molecule is Cc1cscc1C(=O)NCC1(C(=O)O)CCOCC1. The Hall–Kier alpha value is -1.40. The maximum Gasteiger partial charge on any atom is 0.311 e. The van der Waals surface area contributed by atoms with Gasteiger partial charge in [-0.1, -0.05) is 0 Å². The molecular formula is C13H17NO4S. The third kappa shape index (κ3) is 2.96. The van der Waals surface area contributed by atoms with E-state index in [4.69, 9.17) is 4.74 Å². The fraction of sp³-hybridized carbons (Fsp3) is 0.538. The van der Waals surface area contributed by atoms with E-state index in [0.717, 1.165) is 5.56 Å². The molecule has 1 aromatic rings. The average molecular weight is 283 g/mol. The number of carbonyl (C=O) groups is 2. The fourth-order valence-electron chi connectivity index (χ4n) is 2.17. The first-order valence-corrected chi connectivity index (χ1v) is 7.11. The van der Waals surface area contributed by atoms with Gasteiger partial charge in [-0.2, -0.15) is 11.3 Å². The van der Waals surface area contributed by atoms with E-state index in [1.807, 2.05) is 12.3 Å². The van der Waals surface area contributed by atoms with Gasteiger partial charge in [0.15, 0.2) is 0 Å². The molecule has 6 heteroatoms. The number of carboxylic acids is 1. The fourth-order valence-corrected chi connectivity index (χ4v) is 2.99. The van der Waals surface area contributed by atoms with Crippen LogP contribution in [0.5, 0.6) is 0 Å². The van der Waals surface area contributed by atoms with Gasteiger partial charge in [0, 0.05) is 25.1 Å². The largest absolute Gasteiger partial charge is 0.481 e. The Kier molecular flexibility index (Phi) is 4.21. The number of hydrogen-bond donors (Lipinski definition) is 2. The van der Waals surface area contributed by atoms with Crippen molar-refractivity contribution in [3.8, 4) is 0 Å². The highest BCUT2D eigenvalue weighted by Crippen LogP contribution is 2.30. The molecule has 2 N–H and O–H groups in total. The summed E-state index contributed by atoms with van der Waals surface area (Å²) in [6.45, 7) is 2.88. The Bertz CT molecular complexity index is 477. The number of rotatable bonds is 4. The lowest BCUT2D eigenvalue weighted by molar-refractivity contribution is -0.154. The number of amides is 1. The van der Waals surface area contributed by atoms with Crippen molar-refractivity contribution >= 4 is 23.2 Å². The van der Waals surface area contributed by atoms with Crippen LogP contribution in [0.1, 0.15) is 28.8 Å². The Morgan fingerprint density at radius 3 is 2.63 bits per heavy atom. The van der Waals surface area contributed by atoms with Crippen molar-refractivity contribution in [2.75, 3.05) is 19.8 Å². The molecule has 0 unspecified atom stereocenters. The highest BCUT2D eigenvalue weighted by atomic mass is 32.1. The number of thiophene rings is 1. The summed E-state index contributed by atoms with van der Waals surface area (Å²) in [5.74, 6) is -1.07. The van der Waals surface area contributed by atoms with Crippen LogP contribution >= 0.6 is 11.3 Å². The molecule has 0 aliphatic carbocycles. The summed E-state index contributed by atoms with van der Waals surface area (Å²) in [5.41, 5.74) is 0.647. The molecule has 1 aliphatic rings. The van der Waals surface area contributed by atoms with Crippen molar-refractivity contribution in [3.63, 3.8) is 0 Å². The Morgan fingerprint density at radius 2 is 2.11 bits per heavy atom. The lowest BCUT2D eigenvalue weighted by Crippen LogP contribution is -2.46. The summed E-state index contributed by atoms with van der Waals surface area (Å²) in [5, 5.41) is 15.8. The quantitative estimate of drug-likeness (QED) is 0.881. The number of nitrogens with one attached hydrogen (secondary N) is 1. The van der Waals surface area contributed by atoms with Crippen molar-refractivity contribution < 1.29 is 19.4 Å². The molecule has 0 aromatic carbocycles. The summed E-state index contributed by atoms with van der Waals surface area (Å²) >= 11 is 1.46. The highest BCUT2D eigenvalue weighted by Gasteiger charge is 2.40. The van der Waals surface area contributed by atoms with E-state index in [9.17, 15) is 14.7 Å². The predicted molar refractivity (Wildman–Crippen MR) is 71.5 cm³/mol. The molecule has 1 aliphatic heterocycles. The molecule has 2 heterocycles. The van der Waals surface area contributed by atoms with Crippen LogP contribution in [-0.2, 0) is 9.53 Å². The van der Waals surface area contributed by atoms with Crippen LogP contribution < -0.4 is 5.32 Å². The highest BCUT2D eigenvalue weighted by molar-refractivity contribution is 7.08. The van der Waals surface area contributed by atoms with E-state index in [1.165, 1.54) is 11.3 Å². The average Bonchev–Trinajstić information content (AvgIpc) is 2.83. The van der Waals surface area contributed by atoms with Crippen LogP contribution in [0.3, 0.4) is 0 Å². The summed E-state index contributed by atoms with van der Waals surface area (Å²) in [7, 11) is 0. The van der Waals surface area contributed by atoms with Crippen molar-refractivity contribution in [1.82, 2.24) is 5.32 Å². The Balaban J connectivity index is 2.02. The first-order chi connectivity index (χ1) is 9.05. The zero-order valence-electron chi connectivity index (χ0n) is 10.8. The molecule has 1 amide bonds. The Morgan fingerprint density at radius 1 is 1.42 bits per heavy atom. The van der Waals surface area contributed by atoms with Crippen LogP contribution in [0, 0.1) is 12.3 Å². The number of carbonyl (C=O) groups excluding carboxylic acids is 1. The Labute approximate surface area is 115 Å². The molecular weight excluding hydrogens is 266 g/mol. The number of carboxylic acid groups (broad SMARTS) is 1. The van der Waals surface area contributed by atoms with E-state index < -0.39 is 11.4 Å². The van der Waals surface area contributed by atoms with Gasteiger partial charge in [0.25, 0.3) is 5.91 Å². The van der Waals surface area contributed by atoms with Gasteiger partial charge in [0.2, 0.25) is 0 Å². The van der Waals surface area contributed by atoms with Gasteiger partial charge in [0.05, 0.1) is 11.0 Å². The number of aliphatic carboxylic acids is 1. The number of ether oxygens (including phenoxy) is 1. The molecule has 104 valence electrons. The lowest BCUT2D eigenvalue weighted by Gasteiger charge is -2.33. The second-order valence-corrected chi connectivity index (χ2v) is 5.59. The minimum Gasteiger partial charge on any atom is -0.481 e. The van der Waals surface area contributed by atoms with E-state index in [-0.39, 0.29) is 12.5 Å². The van der Waals surface area contributed by atoms with E-state index >= 15 is 0 Å². The maximum absolute atomic E-state index is 12.0. The first kappa shape index (κ1) is 14.0. The van der Waals surface area contributed by atoms with Gasteiger partial charge in [0.1, 0.15) is 0 Å². The standard InChI is InChI=1S/C13H17NO4S/c1-9-6-19-7-10(9)11(15)14-8-13(12(16)17)2-4-18-5-3-13/h6-7H,2-5,8H2,1H3,(H,14,15)(H,16,17). The van der Waals surface area contributed by atoms with Crippen molar-refractivity contribution in [1.29, 1.82) is 0 Å². The van der Waals surface area contributed by atoms with Crippen LogP contribution in [-0.4, -0.2) is 36.7 Å². The van der Waals surface area contributed by atoms with Crippen LogP contribution in [0.2, 0.25) is 0 Å². The zero-order valence-corrected chi connectivity index (χ0v) is 11.6. The summed E-state index contributed by atoms with van der Waals surface area (Å²) in [6, 6.07) is 0. The summed E-state index contributed by atoms with van der Waals surface area (Å²) in [4.78, 5) is 23.4. The third-order valence-electron chi connectivity index (χ3n) is 3.59. The van der Waals surface area contributed by atoms with Gasteiger partial charge < -0.3 is 15.2 Å². The summed E-state index contributed by atoms with van der Waals surface area (Å²) in [6.07, 6.45) is 0.871. The molecule has 2 rings (SSSR count). The summed E-state index contributed by atoms with van der Waals surface area (Å²) < 4.78 is 5.20. The van der Waals surface area contributed by atoms with Gasteiger partial charge in [-0.05, 0) is 30.7 Å². The second-order valence-electron chi connectivity index (χ2n) is 4.85. The predicted octanol–water partition coefficient (Wildman–Crippen LogP) is 1.67. The molecule has 0 saturated carbocycles. The first-order valence-electron chi connectivity index (χ1n) is 6.17. The van der Waals surface area contributed by atoms with Crippen molar-refractivity contribution in [2.24, 2.45) is 5.41 Å². The molecule has 19 heavy (non-hydrogen) atoms. The molecule has 1 saturated heterocycles. The normalized spacial score (nSPS) is 17.9.